The van der Waals surface area contributed by atoms with E-state index in [-0.39, 0.29) is 6.04 Å². The minimum Gasteiger partial charge on any atom is -0.327 e. The van der Waals surface area contributed by atoms with E-state index in [4.69, 9.17) is 5.73 Å². The second kappa shape index (κ2) is 5.82. The van der Waals surface area contributed by atoms with Gasteiger partial charge in [0.05, 0.1) is 0 Å². The molecule has 5 nitrogen and oxygen atoms in total. The molecule has 2 unspecified atom stereocenters. The fraction of sp³-hybridized carbons (Fsp3) is 0.867. The number of hydrogen-bond donors (Lipinski definition) is 1. The fourth-order valence-corrected chi connectivity index (χ4v) is 3.56. The minimum absolute atomic E-state index is 0.269. The number of fused-ring (bicyclic) bond motifs is 1. The van der Waals surface area contributed by atoms with Gasteiger partial charge in [-0.3, -0.25) is 0 Å². The van der Waals surface area contributed by atoms with E-state index in [2.05, 4.69) is 33.5 Å². The quantitative estimate of drug-likeness (QED) is 0.902. The van der Waals surface area contributed by atoms with Crippen LogP contribution in [0, 0.1) is 5.92 Å². The zero-order valence-corrected chi connectivity index (χ0v) is 12.8. The maximum Gasteiger partial charge on any atom is 0.134 e. The lowest BCUT2D eigenvalue weighted by atomic mass is 9.93. The van der Waals surface area contributed by atoms with Crippen LogP contribution in [0.15, 0.2) is 0 Å². The van der Waals surface area contributed by atoms with E-state index in [1.807, 2.05) is 0 Å². The van der Waals surface area contributed by atoms with Crippen LogP contribution < -0.4 is 5.73 Å². The number of nitrogens with two attached hydrogens (primary N) is 1. The van der Waals surface area contributed by atoms with Crippen LogP contribution in [0.1, 0.15) is 44.8 Å². The molecule has 0 radical (unpaired) electrons. The molecule has 2 aliphatic heterocycles. The van der Waals surface area contributed by atoms with E-state index < -0.39 is 0 Å². The third-order valence-electron chi connectivity index (χ3n) is 4.82. The summed E-state index contributed by atoms with van der Waals surface area (Å²) in [5.41, 5.74) is 6.01. The highest BCUT2D eigenvalue weighted by molar-refractivity contribution is 5.03. The summed E-state index contributed by atoms with van der Waals surface area (Å²) in [4.78, 5) is 2.59. The normalized spacial score (nSPS) is 27.8. The van der Waals surface area contributed by atoms with Gasteiger partial charge < -0.3 is 15.2 Å². The predicted molar refractivity (Wildman–Crippen MR) is 79.5 cm³/mol. The summed E-state index contributed by atoms with van der Waals surface area (Å²) in [7, 11) is 0. The van der Waals surface area contributed by atoms with Gasteiger partial charge >= 0.3 is 0 Å². The zero-order chi connectivity index (χ0) is 14.1. The topological polar surface area (TPSA) is 60.0 Å². The minimum atomic E-state index is 0.269. The van der Waals surface area contributed by atoms with Crippen LogP contribution in [0.4, 0.5) is 0 Å². The molecule has 3 rings (SSSR count). The average Bonchev–Trinajstić information content (AvgIpc) is 2.81. The van der Waals surface area contributed by atoms with Crippen molar-refractivity contribution in [1.82, 2.24) is 19.7 Å². The Balaban J connectivity index is 1.66. The zero-order valence-electron chi connectivity index (χ0n) is 12.8. The van der Waals surface area contributed by atoms with Gasteiger partial charge in [-0.15, -0.1) is 10.2 Å². The average molecular weight is 277 g/mol. The molecule has 112 valence electrons. The summed E-state index contributed by atoms with van der Waals surface area (Å²) in [6.07, 6.45) is 5.65. The molecule has 1 fully saturated rings. The molecule has 3 heterocycles. The van der Waals surface area contributed by atoms with Crippen LogP contribution in [-0.2, 0) is 19.4 Å². The Bertz CT molecular complexity index is 453. The Morgan fingerprint density at radius 1 is 1.25 bits per heavy atom. The van der Waals surface area contributed by atoms with Crippen molar-refractivity contribution in [3.05, 3.63) is 11.6 Å². The number of nitrogens with zero attached hydrogens (tertiary/aromatic N) is 4. The molecule has 0 amide bonds. The van der Waals surface area contributed by atoms with Crippen molar-refractivity contribution in [3.63, 3.8) is 0 Å². The number of rotatable bonds is 3. The van der Waals surface area contributed by atoms with Gasteiger partial charge in [0.2, 0.25) is 0 Å². The molecular formula is C15H27N5. The smallest absolute Gasteiger partial charge is 0.134 e. The standard InChI is InChI=1S/C15H27N5/c1-11(2)19-6-3-4-12(10-19)8-14-17-18-15-9-13(16)5-7-20(14)15/h11-13H,3-10,16H2,1-2H3. The summed E-state index contributed by atoms with van der Waals surface area (Å²) in [5, 5.41) is 8.78. The van der Waals surface area contributed by atoms with E-state index in [0.717, 1.165) is 37.5 Å². The molecule has 1 saturated heterocycles. The maximum absolute atomic E-state index is 6.01. The summed E-state index contributed by atoms with van der Waals surface area (Å²) < 4.78 is 2.32. The van der Waals surface area contributed by atoms with Gasteiger partial charge in [0.1, 0.15) is 11.6 Å². The van der Waals surface area contributed by atoms with Crippen LogP contribution >= 0.6 is 0 Å². The molecule has 2 aliphatic rings. The van der Waals surface area contributed by atoms with Crippen molar-refractivity contribution in [1.29, 1.82) is 0 Å². The van der Waals surface area contributed by atoms with Gasteiger partial charge in [0, 0.05) is 38.0 Å². The monoisotopic (exact) mass is 277 g/mol. The molecule has 0 aliphatic carbocycles. The molecule has 1 aromatic heterocycles. The number of piperidine rings is 1. The fourth-order valence-electron chi connectivity index (χ4n) is 3.56. The van der Waals surface area contributed by atoms with Gasteiger partial charge in [-0.25, -0.2) is 0 Å². The number of likely N-dealkylation sites (tertiary alicyclic amines) is 1. The van der Waals surface area contributed by atoms with Gasteiger partial charge in [-0.05, 0) is 45.6 Å². The van der Waals surface area contributed by atoms with Gasteiger partial charge in [-0.2, -0.15) is 0 Å². The molecule has 0 spiro atoms. The second-order valence-corrected chi connectivity index (χ2v) is 6.74. The molecule has 0 bridgehead atoms. The Hall–Kier alpha value is -0.940. The summed E-state index contributed by atoms with van der Waals surface area (Å²) in [6.45, 7) is 8.05. The van der Waals surface area contributed by atoms with E-state index in [0.29, 0.717) is 6.04 Å². The van der Waals surface area contributed by atoms with Crippen molar-refractivity contribution >= 4 is 0 Å². The summed E-state index contributed by atoms with van der Waals surface area (Å²) in [6, 6.07) is 0.925. The van der Waals surface area contributed by atoms with Crippen molar-refractivity contribution in [2.45, 2.75) is 64.6 Å². The highest BCUT2D eigenvalue weighted by Gasteiger charge is 2.26. The van der Waals surface area contributed by atoms with Gasteiger partial charge in [0.25, 0.3) is 0 Å². The van der Waals surface area contributed by atoms with Crippen molar-refractivity contribution < 1.29 is 0 Å². The Labute approximate surface area is 121 Å². The largest absolute Gasteiger partial charge is 0.327 e. The van der Waals surface area contributed by atoms with Crippen LogP contribution in [0.2, 0.25) is 0 Å². The third-order valence-corrected chi connectivity index (χ3v) is 4.82. The molecule has 20 heavy (non-hydrogen) atoms. The first kappa shape index (κ1) is 14.0. The molecular weight excluding hydrogens is 250 g/mol. The summed E-state index contributed by atoms with van der Waals surface area (Å²) >= 11 is 0. The summed E-state index contributed by atoms with van der Waals surface area (Å²) in [5.74, 6) is 3.01. The lowest BCUT2D eigenvalue weighted by Gasteiger charge is -2.35. The highest BCUT2D eigenvalue weighted by atomic mass is 15.3. The Kier molecular flexibility index (Phi) is 4.08. The third kappa shape index (κ3) is 2.88. The van der Waals surface area contributed by atoms with E-state index in [1.165, 1.54) is 31.8 Å². The van der Waals surface area contributed by atoms with Crippen LogP contribution in [0.3, 0.4) is 0 Å². The lowest BCUT2D eigenvalue weighted by molar-refractivity contribution is 0.138. The molecule has 2 N–H and O–H groups in total. The van der Waals surface area contributed by atoms with Crippen molar-refractivity contribution in [2.24, 2.45) is 11.7 Å². The molecule has 2 atom stereocenters. The second-order valence-electron chi connectivity index (χ2n) is 6.74. The molecule has 1 aromatic rings. The van der Waals surface area contributed by atoms with Gasteiger partial charge in [0.15, 0.2) is 0 Å². The SMILES string of the molecule is CC(C)N1CCCC(Cc2nnc3n2CCC(N)C3)C1. The van der Waals surface area contributed by atoms with Crippen LogP contribution in [0.5, 0.6) is 0 Å². The highest BCUT2D eigenvalue weighted by Crippen LogP contribution is 2.23. The lowest BCUT2D eigenvalue weighted by Crippen LogP contribution is -2.40. The van der Waals surface area contributed by atoms with Crippen LogP contribution in [-0.4, -0.2) is 44.8 Å². The van der Waals surface area contributed by atoms with E-state index >= 15 is 0 Å². The first-order valence-corrected chi connectivity index (χ1v) is 8.04. The predicted octanol–water partition coefficient (Wildman–Crippen LogP) is 1.21. The number of hydrogen-bond acceptors (Lipinski definition) is 4. The Morgan fingerprint density at radius 3 is 2.90 bits per heavy atom. The van der Waals surface area contributed by atoms with E-state index in [9.17, 15) is 0 Å². The molecule has 0 saturated carbocycles. The Morgan fingerprint density at radius 2 is 2.10 bits per heavy atom. The van der Waals surface area contributed by atoms with Crippen molar-refractivity contribution in [2.75, 3.05) is 13.1 Å². The maximum atomic E-state index is 6.01. The van der Waals surface area contributed by atoms with Crippen LogP contribution in [0.25, 0.3) is 0 Å². The molecule has 0 aromatic carbocycles. The molecule has 5 heteroatoms. The first-order chi connectivity index (χ1) is 9.63. The number of aromatic nitrogens is 3. The van der Waals surface area contributed by atoms with Crippen molar-refractivity contribution in [3.8, 4) is 0 Å². The van der Waals surface area contributed by atoms with E-state index in [1.54, 1.807) is 0 Å². The first-order valence-electron chi connectivity index (χ1n) is 8.04. The van der Waals surface area contributed by atoms with Gasteiger partial charge in [-0.1, -0.05) is 0 Å².